The lowest BCUT2D eigenvalue weighted by Crippen LogP contribution is -2.45. The summed E-state index contributed by atoms with van der Waals surface area (Å²) in [6.07, 6.45) is -0.267. The molecule has 2 unspecified atom stereocenters. The molecule has 2 fully saturated rings. The van der Waals surface area contributed by atoms with Crippen molar-refractivity contribution in [2.45, 2.75) is 44.4 Å². The topological polar surface area (TPSA) is 44.4 Å². The predicted octanol–water partition coefficient (Wildman–Crippen LogP) is 3.27. The second-order valence-corrected chi connectivity index (χ2v) is 8.07. The molecule has 2 N–H and O–H groups in total. The summed E-state index contributed by atoms with van der Waals surface area (Å²) in [5.74, 6) is 0.434. The van der Waals surface area contributed by atoms with Crippen LogP contribution < -0.4 is 10.6 Å². The van der Waals surface area contributed by atoms with E-state index in [0.29, 0.717) is 19.0 Å². The highest BCUT2D eigenvalue weighted by Crippen LogP contribution is 2.35. The molecule has 148 valence electrons. The van der Waals surface area contributed by atoms with Crippen LogP contribution in [0.15, 0.2) is 12.1 Å². The highest BCUT2D eigenvalue weighted by molar-refractivity contribution is 7.12. The van der Waals surface area contributed by atoms with Crippen molar-refractivity contribution >= 4 is 29.7 Å². The van der Waals surface area contributed by atoms with Crippen molar-refractivity contribution in [3.05, 3.63) is 21.9 Å². The molecule has 26 heavy (non-hydrogen) atoms. The summed E-state index contributed by atoms with van der Waals surface area (Å²) < 4.78 is 38.1. The molecule has 2 atom stereocenters. The molecular weight excluding hydrogens is 387 g/mol. The van der Waals surface area contributed by atoms with Crippen molar-refractivity contribution in [3.63, 3.8) is 0 Å². The molecular formula is C17H25ClF3N3OS. The van der Waals surface area contributed by atoms with Gasteiger partial charge in [0.05, 0.1) is 6.04 Å². The van der Waals surface area contributed by atoms with Crippen LogP contribution in [0.1, 0.15) is 35.4 Å². The number of rotatable bonds is 5. The van der Waals surface area contributed by atoms with Crippen molar-refractivity contribution in [1.29, 1.82) is 0 Å². The van der Waals surface area contributed by atoms with E-state index in [-0.39, 0.29) is 24.4 Å². The number of amides is 1. The van der Waals surface area contributed by atoms with Gasteiger partial charge in [-0.05, 0) is 56.8 Å². The summed E-state index contributed by atoms with van der Waals surface area (Å²) in [7, 11) is 0. The van der Waals surface area contributed by atoms with Crippen LogP contribution in [-0.4, -0.2) is 43.0 Å². The van der Waals surface area contributed by atoms with Gasteiger partial charge >= 0.3 is 6.18 Å². The Balaban J connectivity index is 0.00000243. The minimum atomic E-state index is -4.26. The van der Waals surface area contributed by atoms with Crippen LogP contribution in [0.5, 0.6) is 0 Å². The normalized spacial score (nSPS) is 24.3. The zero-order valence-corrected chi connectivity index (χ0v) is 16.1. The third kappa shape index (κ3) is 5.84. The number of carbonyl (C=O) groups excluding carboxylic acids is 1. The van der Waals surface area contributed by atoms with Crippen molar-refractivity contribution < 1.29 is 18.0 Å². The monoisotopic (exact) mass is 411 g/mol. The number of thiophene rings is 1. The van der Waals surface area contributed by atoms with E-state index in [4.69, 9.17) is 0 Å². The molecule has 1 aromatic rings. The number of nitrogens with one attached hydrogen (secondary N) is 2. The van der Waals surface area contributed by atoms with E-state index in [1.54, 1.807) is 6.07 Å². The zero-order chi connectivity index (χ0) is 17.9. The number of halogens is 4. The van der Waals surface area contributed by atoms with Crippen LogP contribution in [0.3, 0.4) is 0 Å². The number of carbonyl (C=O) groups is 1. The van der Waals surface area contributed by atoms with Crippen molar-refractivity contribution in [2.75, 3.05) is 26.2 Å². The summed E-state index contributed by atoms with van der Waals surface area (Å²) in [5.41, 5.74) is 0. The maximum Gasteiger partial charge on any atom is 0.425 e. The van der Waals surface area contributed by atoms with Crippen LogP contribution in [0.25, 0.3) is 0 Å². The maximum atomic E-state index is 12.7. The summed E-state index contributed by atoms with van der Waals surface area (Å²) >= 11 is 0.825. The Kier molecular flexibility index (Phi) is 7.76. The molecule has 0 bridgehead atoms. The minimum Gasteiger partial charge on any atom is -0.354 e. The van der Waals surface area contributed by atoms with E-state index in [9.17, 15) is 18.0 Å². The van der Waals surface area contributed by atoms with Crippen LogP contribution in [0.4, 0.5) is 13.2 Å². The SMILES string of the molecule is Cl.O=C(NCC1CCCN(Cc2ccc(C(F)(F)F)s2)C1)C1CCCN1. The van der Waals surface area contributed by atoms with Gasteiger partial charge in [-0.25, -0.2) is 0 Å². The maximum absolute atomic E-state index is 12.7. The van der Waals surface area contributed by atoms with Crippen molar-refractivity contribution in [1.82, 2.24) is 15.5 Å². The van der Waals surface area contributed by atoms with E-state index < -0.39 is 11.1 Å². The standard InChI is InChI=1S/C17H24F3N3OS.ClH/c18-17(19,20)15-6-5-13(25-15)11-23-8-2-3-12(10-23)9-22-16(24)14-4-1-7-21-14;/h5-6,12,14,21H,1-4,7-11H2,(H,22,24);1H. The number of likely N-dealkylation sites (tertiary alicyclic amines) is 1. The van der Waals surface area contributed by atoms with Gasteiger partial charge in [0.25, 0.3) is 0 Å². The van der Waals surface area contributed by atoms with E-state index in [1.807, 2.05) is 0 Å². The van der Waals surface area contributed by atoms with E-state index in [0.717, 1.165) is 67.6 Å². The van der Waals surface area contributed by atoms with Gasteiger partial charge in [0.1, 0.15) is 4.88 Å². The average Bonchev–Trinajstić information content (AvgIpc) is 3.24. The fourth-order valence-electron chi connectivity index (χ4n) is 3.57. The third-order valence-corrected chi connectivity index (χ3v) is 5.98. The molecule has 0 radical (unpaired) electrons. The first-order chi connectivity index (χ1) is 11.9. The van der Waals surface area contributed by atoms with Crippen LogP contribution in [0, 0.1) is 5.92 Å². The molecule has 4 nitrogen and oxygen atoms in total. The molecule has 1 amide bonds. The van der Waals surface area contributed by atoms with Crippen LogP contribution in [0.2, 0.25) is 0 Å². The molecule has 0 aliphatic carbocycles. The summed E-state index contributed by atoms with van der Waals surface area (Å²) in [4.78, 5) is 14.5. The quantitative estimate of drug-likeness (QED) is 0.781. The molecule has 3 heterocycles. The molecule has 0 aromatic carbocycles. The largest absolute Gasteiger partial charge is 0.425 e. The van der Waals surface area contributed by atoms with Gasteiger partial charge in [0.15, 0.2) is 0 Å². The van der Waals surface area contributed by atoms with Gasteiger partial charge in [-0.2, -0.15) is 13.2 Å². The van der Waals surface area contributed by atoms with Gasteiger partial charge in [-0.1, -0.05) is 0 Å². The minimum absolute atomic E-state index is 0. The van der Waals surface area contributed by atoms with Gasteiger partial charge < -0.3 is 10.6 Å². The number of alkyl halides is 3. The van der Waals surface area contributed by atoms with Gasteiger partial charge in [-0.3, -0.25) is 9.69 Å². The number of nitrogens with zero attached hydrogens (tertiary/aromatic N) is 1. The molecule has 0 saturated carbocycles. The molecule has 2 saturated heterocycles. The fourth-order valence-corrected chi connectivity index (χ4v) is 4.49. The summed E-state index contributed by atoms with van der Waals surface area (Å²) in [6, 6.07) is 2.67. The number of piperidine rings is 1. The lowest BCUT2D eigenvalue weighted by atomic mass is 9.97. The van der Waals surface area contributed by atoms with E-state index in [1.165, 1.54) is 0 Å². The van der Waals surface area contributed by atoms with E-state index in [2.05, 4.69) is 15.5 Å². The Morgan fingerprint density at radius 1 is 1.31 bits per heavy atom. The fraction of sp³-hybridized carbons (Fsp3) is 0.706. The zero-order valence-electron chi connectivity index (χ0n) is 14.5. The van der Waals surface area contributed by atoms with Crippen molar-refractivity contribution in [3.8, 4) is 0 Å². The smallest absolute Gasteiger partial charge is 0.354 e. The lowest BCUT2D eigenvalue weighted by Gasteiger charge is -2.32. The summed E-state index contributed by atoms with van der Waals surface area (Å²) in [5, 5.41) is 6.22. The lowest BCUT2D eigenvalue weighted by molar-refractivity contribution is -0.134. The highest BCUT2D eigenvalue weighted by Gasteiger charge is 2.32. The van der Waals surface area contributed by atoms with E-state index >= 15 is 0 Å². The Bertz CT molecular complexity index is 590. The Hall–Kier alpha value is -0.830. The predicted molar refractivity (Wildman–Crippen MR) is 98.6 cm³/mol. The second-order valence-electron chi connectivity index (χ2n) is 6.90. The second kappa shape index (κ2) is 9.39. The molecule has 2 aliphatic rings. The molecule has 3 rings (SSSR count). The van der Waals surface area contributed by atoms with Gasteiger partial charge in [0, 0.05) is 24.5 Å². The molecule has 0 spiro atoms. The van der Waals surface area contributed by atoms with Gasteiger partial charge in [-0.15, -0.1) is 23.7 Å². The molecule has 2 aliphatic heterocycles. The van der Waals surface area contributed by atoms with Crippen LogP contribution in [-0.2, 0) is 17.5 Å². The van der Waals surface area contributed by atoms with Crippen LogP contribution >= 0.6 is 23.7 Å². The Labute approximate surface area is 161 Å². The Morgan fingerprint density at radius 2 is 2.12 bits per heavy atom. The molecule has 9 heteroatoms. The number of hydrogen-bond donors (Lipinski definition) is 2. The van der Waals surface area contributed by atoms with Crippen molar-refractivity contribution in [2.24, 2.45) is 5.92 Å². The molecule has 1 aromatic heterocycles. The number of hydrogen-bond acceptors (Lipinski definition) is 4. The summed E-state index contributed by atoms with van der Waals surface area (Å²) in [6.45, 7) is 3.81. The first kappa shape index (κ1) is 21.5. The average molecular weight is 412 g/mol. The third-order valence-electron chi connectivity index (χ3n) is 4.87. The first-order valence-corrected chi connectivity index (χ1v) is 9.63. The Morgan fingerprint density at radius 3 is 2.77 bits per heavy atom. The first-order valence-electron chi connectivity index (χ1n) is 8.81. The van der Waals surface area contributed by atoms with Gasteiger partial charge in [0.2, 0.25) is 5.91 Å². The highest BCUT2D eigenvalue weighted by atomic mass is 35.5.